The Morgan fingerprint density at radius 1 is 1.11 bits per heavy atom. The van der Waals surface area contributed by atoms with Gasteiger partial charge in [0.05, 0.1) is 11.2 Å². The fraction of sp³-hybridized carbons (Fsp3) is 0.0667. The van der Waals surface area contributed by atoms with Gasteiger partial charge < -0.3 is 0 Å². The number of nitrogens with zero attached hydrogens (tertiary/aromatic N) is 2. The van der Waals surface area contributed by atoms with Crippen molar-refractivity contribution in [3.05, 3.63) is 52.3 Å². The molecule has 2 nitrogen and oxygen atoms in total. The molecule has 18 heavy (non-hydrogen) atoms. The second-order valence-corrected chi connectivity index (χ2v) is 5.06. The average Bonchev–Trinajstić information content (AvgIpc) is 2.86. The number of aryl methyl sites for hydroxylation is 1. The summed E-state index contributed by atoms with van der Waals surface area (Å²) >= 11 is 1.38. The van der Waals surface area contributed by atoms with E-state index in [-0.39, 0.29) is 0 Å². The molecule has 0 saturated carbocycles. The highest BCUT2D eigenvalue weighted by molar-refractivity contribution is 7.10. The molecule has 0 saturated heterocycles. The Hall–Kier alpha value is -2.18. The zero-order chi connectivity index (χ0) is 12.5. The van der Waals surface area contributed by atoms with E-state index in [0.717, 1.165) is 11.3 Å². The second kappa shape index (κ2) is 4.25. The predicted molar refractivity (Wildman–Crippen MR) is 74.5 cm³/mol. The van der Waals surface area contributed by atoms with E-state index < -0.39 is 0 Å². The average molecular weight is 250 g/mol. The lowest BCUT2D eigenvalue weighted by molar-refractivity contribution is 1.40. The van der Waals surface area contributed by atoms with Crippen LogP contribution in [0.1, 0.15) is 10.4 Å². The number of aromatic nitrogens is 1. The maximum absolute atomic E-state index is 9.04. The minimum Gasteiger partial charge on any atom is -0.243 e. The largest absolute Gasteiger partial charge is 0.243 e. The highest BCUT2D eigenvalue weighted by Crippen LogP contribution is 2.28. The van der Waals surface area contributed by atoms with Gasteiger partial charge in [-0.25, -0.2) is 4.98 Å². The summed E-state index contributed by atoms with van der Waals surface area (Å²) in [4.78, 5) is 4.95. The molecule has 2 aromatic carbocycles. The first kappa shape index (κ1) is 10.9. The first-order valence-corrected chi connectivity index (χ1v) is 6.50. The van der Waals surface area contributed by atoms with Crippen molar-refractivity contribution in [2.45, 2.75) is 6.92 Å². The van der Waals surface area contributed by atoms with Gasteiger partial charge in [-0.2, -0.15) is 5.26 Å². The molecular formula is C15H10N2S. The molecule has 0 N–H and O–H groups in total. The molecule has 0 bridgehead atoms. The first-order valence-electron chi connectivity index (χ1n) is 5.62. The maximum atomic E-state index is 9.04. The third-order valence-electron chi connectivity index (χ3n) is 2.94. The molecule has 0 atom stereocenters. The van der Waals surface area contributed by atoms with E-state index in [0.29, 0.717) is 4.88 Å². The van der Waals surface area contributed by atoms with Crippen molar-refractivity contribution in [1.29, 1.82) is 5.26 Å². The van der Waals surface area contributed by atoms with Crippen molar-refractivity contribution < 1.29 is 0 Å². The summed E-state index contributed by atoms with van der Waals surface area (Å²) in [5, 5.41) is 11.4. The predicted octanol–water partition coefficient (Wildman–Crippen LogP) is 4.14. The standard InChI is InChI=1S/C15H10N2S/c1-10-2-3-12-7-13(5-4-11(12)6-10)15-14(8-16)18-9-17-15/h2-7,9H,1H3. The number of nitriles is 1. The third kappa shape index (κ3) is 1.77. The van der Waals surface area contributed by atoms with Gasteiger partial charge in [-0.05, 0) is 23.8 Å². The normalized spacial score (nSPS) is 10.4. The molecule has 3 aromatic rings. The quantitative estimate of drug-likeness (QED) is 0.650. The molecule has 0 aliphatic carbocycles. The smallest absolute Gasteiger partial charge is 0.132 e. The van der Waals surface area contributed by atoms with Crippen LogP contribution in [0.25, 0.3) is 22.0 Å². The molecule has 0 spiro atoms. The van der Waals surface area contributed by atoms with E-state index in [9.17, 15) is 0 Å². The van der Waals surface area contributed by atoms with Crippen molar-refractivity contribution in [3.8, 4) is 17.3 Å². The Morgan fingerprint density at radius 2 is 1.89 bits per heavy atom. The summed E-state index contributed by atoms with van der Waals surface area (Å²) in [6.45, 7) is 2.08. The van der Waals surface area contributed by atoms with E-state index in [4.69, 9.17) is 5.26 Å². The van der Waals surface area contributed by atoms with E-state index in [1.165, 1.54) is 27.7 Å². The molecule has 0 aliphatic heterocycles. The lowest BCUT2D eigenvalue weighted by atomic mass is 10.0. The summed E-state index contributed by atoms with van der Waals surface area (Å²) in [7, 11) is 0. The van der Waals surface area contributed by atoms with E-state index in [1.807, 2.05) is 6.07 Å². The lowest BCUT2D eigenvalue weighted by Crippen LogP contribution is -1.82. The fourth-order valence-electron chi connectivity index (χ4n) is 2.04. The van der Waals surface area contributed by atoms with Crippen LogP contribution >= 0.6 is 11.3 Å². The van der Waals surface area contributed by atoms with E-state index in [1.54, 1.807) is 5.51 Å². The third-order valence-corrected chi connectivity index (χ3v) is 3.67. The van der Waals surface area contributed by atoms with Gasteiger partial charge in [0, 0.05) is 5.56 Å². The van der Waals surface area contributed by atoms with Crippen LogP contribution in [0, 0.1) is 18.3 Å². The minimum absolute atomic E-state index is 0.668. The molecule has 0 amide bonds. The van der Waals surface area contributed by atoms with Gasteiger partial charge in [0.25, 0.3) is 0 Å². The number of thiazole rings is 1. The molecule has 1 heterocycles. The zero-order valence-corrected chi connectivity index (χ0v) is 10.7. The molecular weight excluding hydrogens is 240 g/mol. The van der Waals surface area contributed by atoms with Crippen LogP contribution in [0.15, 0.2) is 41.9 Å². The molecule has 86 valence electrons. The highest BCUT2D eigenvalue weighted by atomic mass is 32.1. The number of hydrogen-bond donors (Lipinski definition) is 0. The van der Waals surface area contributed by atoms with Gasteiger partial charge in [-0.15, -0.1) is 11.3 Å². The summed E-state index contributed by atoms with van der Waals surface area (Å²) < 4.78 is 0. The molecule has 3 heteroatoms. The number of rotatable bonds is 1. The van der Waals surface area contributed by atoms with Crippen molar-refractivity contribution in [2.75, 3.05) is 0 Å². The molecule has 0 fully saturated rings. The SMILES string of the molecule is Cc1ccc2cc(-c3ncsc3C#N)ccc2c1. The van der Waals surface area contributed by atoms with Crippen molar-refractivity contribution in [2.24, 2.45) is 0 Å². The Balaban J connectivity index is 2.20. The molecule has 1 aromatic heterocycles. The fourth-order valence-corrected chi connectivity index (χ4v) is 2.64. The summed E-state index contributed by atoms with van der Waals surface area (Å²) in [6.07, 6.45) is 0. The maximum Gasteiger partial charge on any atom is 0.132 e. The zero-order valence-electron chi connectivity index (χ0n) is 9.84. The van der Waals surface area contributed by atoms with Crippen LogP contribution in [-0.2, 0) is 0 Å². The summed E-state index contributed by atoms with van der Waals surface area (Å²) in [5.74, 6) is 0. The van der Waals surface area contributed by atoms with Gasteiger partial charge in [-0.1, -0.05) is 35.9 Å². The van der Waals surface area contributed by atoms with Crippen molar-refractivity contribution in [3.63, 3.8) is 0 Å². The minimum atomic E-state index is 0.668. The van der Waals surface area contributed by atoms with Gasteiger partial charge in [-0.3, -0.25) is 0 Å². The topological polar surface area (TPSA) is 36.7 Å². The van der Waals surface area contributed by atoms with Crippen LogP contribution in [0.2, 0.25) is 0 Å². The van der Waals surface area contributed by atoms with Gasteiger partial charge in [0.2, 0.25) is 0 Å². The molecule has 0 aliphatic rings. The van der Waals surface area contributed by atoms with Crippen LogP contribution in [0.5, 0.6) is 0 Å². The van der Waals surface area contributed by atoms with Crippen LogP contribution in [-0.4, -0.2) is 4.98 Å². The Labute approximate surface area is 109 Å². The molecule has 0 unspecified atom stereocenters. The lowest BCUT2D eigenvalue weighted by Gasteiger charge is -2.03. The van der Waals surface area contributed by atoms with Crippen LogP contribution in [0.4, 0.5) is 0 Å². The summed E-state index contributed by atoms with van der Waals surface area (Å²) in [6, 6.07) is 14.7. The number of benzene rings is 2. The van der Waals surface area contributed by atoms with E-state index >= 15 is 0 Å². The van der Waals surface area contributed by atoms with Crippen LogP contribution < -0.4 is 0 Å². The number of fused-ring (bicyclic) bond motifs is 1. The second-order valence-electron chi connectivity index (χ2n) is 4.21. The highest BCUT2D eigenvalue weighted by Gasteiger charge is 2.08. The van der Waals surface area contributed by atoms with Gasteiger partial charge in [0.15, 0.2) is 0 Å². The van der Waals surface area contributed by atoms with E-state index in [2.05, 4.69) is 48.3 Å². The first-order chi connectivity index (χ1) is 8.78. The summed E-state index contributed by atoms with van der Waals surface area (Å²) in [5.41, 5.74) is 4.75. The Kier molecular flexibility index (Phi) is 2.58. The van der Waals surface area contributed by atoms with Crippen molar-refractivity contribution in [1.82, 2.24) is 4.98 Å². The molecule has 0 radical (unpaired) electrons. The van der Waals surface area contributed by atoms with Gasteiger partial charge in [0.1, 0.15) is 10.9 Å². The van der Waals surface area contributed by atoms with Crippen LogP contribution in [0.3, 0.4) is 0 Å². The monoisotopic (exact) mass is 250 g/mol. The Bertz CT molecular complexity index is 766. The Morgan fingerprint density at radius 3 is 2.72 bits per heavy atom. The number of hydrogen-bond acceptors (Lipinski definition) is 3. The molecule has 3 rings (SSSR count). The van der Waals surface area contributed by atoms with Gasteiger partial charge >= 0.3 is 0 Å². The van der Waals surface area contributed by atoms with Crippen molar-refractivity contribution >= 4 is 22.1 Å².